The number of aliphatic hydroxyl groups excluding tert-OH is 2. The first kappa shape index (κ1) is 26.1. The molecule has 0 heterocycles. The molecule has 1 radical (unpaired) electrons. The molecule has 1 aromatic rings. The van der Waals surface area contributed by atoms with Gasteiger partial charge in [0.2, 0.25) is 6.04 Å². The molecule has 0 bridgehead atoms. The first-order valence-corrected chi connectivity index (χ1v) is 11.0. The first-order valence-electron chi connectivity index (χ1n) is 9.93. The van der Waals surface area contributed by atoms with Crippen LogP contribution < -0.4 is 0 Å². The number of aliphatic hydroxyl groups is 2. The van der Waals surface area contributed by atoms with Gasteiger partial charge in [0.25, 0.3) is 0 Å². The van der Waals surface area contributed by atoms with Gasteiger partial charge in [-0.05, 0) is 17.5 Å². The molecule has 0 saturated heterocycles. The molecule has 1 saturated carbocycles. The number of thioether (sulfide) groups is 1. The third kappa shape index (κ3) is 7.38. The van der Waals surface area contributed by atoms with Gasteiger partial charge < -0.3 is 26.7 Å². The van der Waals surface area contributed by atoms with Gasteiger partial charge in [0.05, 0.1) is 30.5 Å². The topological polar surface area (TPSA) is 54.0 Å². The number of hydrogen-bond donors (Lipinski definition) is 2. The maximum atomic E-state index is 10.6. The normalized spacial score (nSPS) is 25.1. The Morgan fingerprint density at radius 1 is 1.32 bits per heavy atom. The van der Waals surface area contributed by atoms with E-state index >= 15 is 0 Å². The summed E-state index contributed by atoms with van der Waals surface area (Å²) in [5.74, 6) is 0.740. The molecular weight excluding hydrogens is 447 g/mol. The van der Waals surface area contributed by atoms with Gasteiger partial charge in [-0.15, -0.1) is 11.8 Å². The summed E-state index contributed by atoms with van der Waals surface area (Å²) in [5.41, 5.74) is 1.98. The van der Waals surface area contributed by atoms with Crippen LogP contribution in [-0.4, -0.2) is 46.6 Å². The van der Waals surface area contributed by atoms with E-state index < -0.39 is 12.2 Å². The molecule has 153 valence electrons. The van der Waals surface area contributed by atoms with Gasteiger partial charge in [0.15, 0.2) is 0 Å². The minimum atomic E-state index is -0.504. The summed E-state index contributed by atoms with van der Waals surface area (Å²) in [6, 6.07) is 7.79. The molecule has 3 unspecified atom stereocenters. The van der Waals surface area contributed by atoms with E-state index in [-0.39, 0.29) is 49.9 Å². The third-order valence-corrected chi connectivity index (χ3v) is 6.66. The predicted octanol–water partition coefficient (Wildman–Crippen LogP) is 4.39. The number of ether oxygens (including phenoxy) is 1. The van der Waals surface area contributed by atoms with Gasteiger partial charge >= 0.3 is 0 Å². The zero-order chi connectivity index (χ0) is 19.6. The third-order valence-electron chi connectivity index (χ3n) is 5.27. The molecule has 1 aliphatic carbocycles. The van der Waals surface area contributed by atoms with Gasteiger partial charge in [0.1, 0.15) is 0 Å². The SMILES string of the molecule is [C-]#[N+][C@@H]1C[C@@H](O)C(c2ccc(C(O)CCCCC)cc2)C1SCCOC[CH2-].[Y]. The fraction of sp³-hybridized carbons (Fsp3) is 0.636. The van der Waals surface area contributed by atoms with Crippen molar-refractivity contribution < 1.29 is 47.7 Å². The van der Waals surface area contributed by atoms with E-state index in [4.69, 9.17) is 11.3 Å². The minimum absolute atomic E-state index is 0. The first-order chi connectivity index (χ1) is 13.1. The fourth-order valence-corrected chi connectivity index (χ4v) is 5.21. The minimum Gasteiger partial charge on any atom is -0.413 e. The van der Waals surface area contributed by atoms with Crippen LogP contribution in [0.2, 0.25) is 0 Å². The summed E-state index contributed by atoms with van der Waals surface area (Å²) in [5, 5.41) is 21.0. The molecule has 1 aliphatic rings. The van der Waals surface area contributed by atoms with Crippen LogP contribution in [0, 0.1) is 13.5 Å². The average molecular weight is 479 g/mol. The number of unbranched alkanes of at least 4 members (excludes halogenated alkanes) is 2. The second-order valence-electron chi connectivity index (χ2n) is 7.15. The van der Waals surface area contributed by atoms with Crippen molar-refractivity contribution in [2.45, 2.75) is 68.4 Å². The number of rotatable bonds is 11. The van der Waals surface area contributed by atoms with Gasteiger partial charge in [-0.3, -0.25) is 0 Å². The second kappa shape index (κ2) is 14.1. The van der Waals surface area contributed by atoms with E-state index in [2.05, 4.69) is 18.7 Å². The molecular formula is C22H32NO3SY-. The summed E-state index contributed by atoms with van der Waals surface area (Å²) in [4.78, 5) is 3.76. The quantitative estimate of drug-likeness (QED) is 0.365. The van der Waals surface area contributed by atoms with E-state index in [1.165, 1.54) is 0 Å². The van der Waals surface area contributed by atoms with Crippen LogP contribution in [0.4, 0.5) is 0 Å². The van der Waals surface area contributed by atoms with Crippen molar-refractivity contribution in [2.75, 3.05) is 19.0 Å². The van der Waals surface area contributed by atoms with E-state index in [1.54, 1.807) is 11.8 Å². The van der Waals surface area contributed by atoms with Gasteiger partial charge in [-0.25, -0.2) is 6.57 Å². The monoisotopic (exact) mass is 479 g/mol. The Kier molecular flexibility index (Phi) is 13.2. The van der Waals surface area contributed by atoms with Crippen molar-refractivity contribution in [1.29, 1.82) is 0 Å². The van der Waals surface area contributed by atoms with E-state index in [1.807, 2.05) is 24.3 Å². The van der Waals surface area contributed by atoms with Crippen molar-refractivity contribution in [1.82, 2.24) is 0 Å². The van der Waals surface area contributed by atoms with Crippen molar-refractivity contribution >= 4 is 11.8 Å². The molecule has 2 N–H and O–H groups in total. The standard InChI is InChI=1S/C22H32NO3S.Y/c1-4-6-7-8-19(24)16-9-11-17(12-10-16)21-20(25)15-18(23-3)22(21)27-14-13-26-5-2;/h9-12,18-22,24-25H,2,4-8,13-15H2,1H3;/q-1;/t18-,19?,20-,21?,22?;/m1./s1. The van der Waals surface area contributed by atoms with E-state index in [0.717, 1.165) is 42.6 Å². The molecule has 2 rings (SSSR count). The summed E-state index contributed by atoms with van der Waals surface area (Å²) in [6.45, 7) is 14.4. The Bertz CT molecular complexity index is 592. The van der Waals surface area contributed by atoms with Crippen LogP contribution in [0.3, 0.4) is 0 Å². The smallest absolute Gasteiger partial charge is 0.238 e. The molecule has 6 heteroatoms. The van der Waals surface area contributed by atoms with E-state index in [0.29, 0.717) is 19.6 Å². The van der Waals surface area contributed by atoms with Gasteiger partial charge in [-0.2, -0.15) is 0 Å². The van der Waals surface area contributed by atoms with Crippen LogP contribution in [0.1, 0.15) is 62.2 Å². The summed E-state index contributed by atoms with van der Waals surface area (Å²) >= 11 is 1.71. The Labute approximate surface area is 199 Å². The molecule has 4 nitrogen and oxygen atoms in total. The zero-order valence-electron chi connectivity index (χ0n) is 16.8. The van der Waals surface area contributed by atoms with Crippen LogP contribution in [0.15, 0.2) is 24.3 Å². The maximum Gasteiger partial charge on any atom is 0.238 e. The Hall–Kier alpha value is 0.0439. The van der Waals surface area contributed by atoms with Gasteiger partial charge in [-0.1, -0.05) is 57.1 Å². The molecule has 1 aromatic carbocycles. The predicted molar refractivity (Wildman–Crippen MR) is 112 cm³/mol. The zero-order valence-corrected chi connectivity index (χ0v) is 20.5. The van der Waals surface area contributed by atoms with E-state index in [9.17, 15) is 10.2 Å². The van der Waals surface area contributed by atoms with Crippen molar-refractivity contribution in [2.24, 2.45) is 0 Å². The number of hydrogen-bond acceptors (Lipinski definition) is 4. The average Bonchev–Trinajstić information content (AvgIpc) is 3.00. The Morgan fingerprint density at radius 3 is 2.64 bits per heavy atom. The number of benzene rings is 1. The van der Waals surface area contributed by atoms with Crippen LogP contribution in [-0.2, 0) is 37.4 Å². The molecule has 5 atom stereocenters. The fourth-order valence-electron chi connectivity index (χ4n) is 3.78. The summed E-state index contributed by atoms with van der Waals surface area (Å²) in [6.07, 6.45) is 3.68. The molecule has 0 aromatic heterocycles. The number of nitrogens with zero attached hydrogens (tertiary/aromatic N) is 1. The largest absolute Gasteiger partial charge is 0.413 e. The Morgan fingerprint density at radius 2 is 2.04 bits per heavy atom. The second-order valence-corrected chi connectivity index (χ2v) is 8.44. The molecule has 0 aliphatic heterocycles. The molecule has 28 heavy (non-hydrogen) atoms. The molecule has 1 fully saturated rings. The van der Waals surface area contributed by atoms with Crippen LogP contribution in [0.5, 0.6) is 0 Å². The van der Waals surface area contributed by atoms with Crippen molar-refractivity contribution in [3.8, 4) is 0 Å². The van der Waals surface area contributed by atoms with Gasteiger partial charge in [0, 0.05) is 44.4 Å². The summed E-state index contributed by atoms with van der Waals surface area (Å²) in [7, 11) is 0. The van der Waals surface area contributed by atoms with Crippen molar-refractivity contribution in [3.05, 3.63) is 53.7 Å². The molecule has 0 amide bonds. The van der Waals surface area contributed by atoms with Crippen LogP contribution in [0.25, 0.3) is 4.85 Å². The Balaban J connectivity index is 0.00000392. The van der Waals surface area contributed by atoms with Crippen LogP contribution >= 0.6 is 11.8 Å². The van der Waals surface area contributed by atoms with Crippen molar-refractivity contribution in [3.63, 3.8) is 0 Å². The summed E-state index contributed by atoms with van der Waals surface area (Å²) < 4.78 is 5.31. The maximum absolute atomic E-state index is 10.6. The molecule has 0 spiro atoms.